The highest BCUT2D eigenvalue weighted by atomic mass is 16.4. The van der Waals surface area contributed by atoms with Gasteiger partial charge in [0.15, 0.2) is 5.60 Å². The van der Waals surface area contributed by atoms with Gasteiger partial charge in [0, 0.05) is 0 Å². The van der Waals surface area contributed by atoms with Crippen molar-refractivity contribution in [3.63, 3.8) is 0 Å². The summed E-state index contributed by atoms with van der Waals surface area (Å²) in [5, 5.41) is 27.0. The third kappa shape index (κ3) is 1.65. The van der Waals surface area contributed by atoms with E-state index in [-0.39, 0.29) is 12.8 Å². The van der Waals surface area contributed by atoms with Gasteiger partial charge in [0.2, 0.25) is 0 Å². The standard InChI is InChI=1S/C8H12O5/c9-6(10)5-3-1-2-4-8(5,13)7(11)12/h5,13H,1-4H2,(H,9,10)(H,11,12)/t5-,8-/m0/s1. The molecule has 5 nitrogen and oxygen atoms in total. The molecule has 0 spiro atoms. The molecular weight excluding hydrogens is 176 g/mol. The van der Waals surface area contributed by atoms with Crippen LogP contribution >= 0.6 is 0 Å². The fraction of sp³-hybridized carbons (Fsp3) is 0.750. The summed E-state index contributed by atoms with van der Waals surface area (Å²) in [4.78, 5) is 21.3. The van der Waals surface area contributed by atoms with Crippen LogP contribution < -0.4 is 0 Å². The predicted octanol–water partition coefficient (Wildman–Crippen LogP) is 0.0769. The molecule has 0 unspecified atom stereocenters. The van der Waals surface area contributed by atoms with Crippen molar-refractivity contribution in [2.45, 2.75) is 31.3 Å². The van der Waals surface area contributed by atoms with Gasteiger partial charge in [-0.1, -0.05) is 6.42 Å². The van der Waals surface area contributed by atoms with Crippen LogP contribution in [0.4, 0.5) is 0 Å². The topological polar surface area (TPSA) is 94.8 Å². The lowest BCUT2D eigenvalue weighted by Gasteiger charge is -2.33. The second kappa shape index (κ2) is 3.33. The lowest BCUT2D eigenvalue weighted by molar-refractivity contribution is -0.178. The molecule has 0 amide bonds. The number of hydrogen-bond acceptors (Lipinski definition) is 3. The highest BCUT2D eigenvalue weighted by molar-refractivity contribution is 5.85. The van der Waals surface area contributed by atoms with E-state index in [1.165, 1.54) is 0 Å². The van der Waals surface area contributed by atoms with Gasteiger partial charge < -0.3 is 15.3 Å². The summed E-state index contributed by atoms with van der Waals surface area (Å²) < 4.78 is 0. The minimum atomic E-state index is -2.07. The number of aliphatic carboxylic acids is 2. The van der Waals surface area contributed by atoms with Crippen molar-refractivity contribution in [2.24, 2.45) is 5.92 Å². The van der Waals surface area contributed by atoms with Crippen LogP contribution in [0.2, 0.25) is 0 Å². The maximum atomic E-state index is 10.7. The summed E-state index contributed by atoms with van der Waals surface area (Å²) in [6.45, 7) is 0. The Balaban J connectivity index is 2.89. The van der Waals surface area contributed by atoms with E-state index in [1.54, 1.807) is 0 Å². The number of rotatable bonds is 2. The number of hydrogen-bond donors (Lipinski definition) is 3. The quantitative estimate of drug-likeness (QED) is 0.570. The van der Waals surface area contributed by atoms with Crippen molar-refractivity contribution in [2.75, 3.05) is 0 Å². The molecule has 1 saturated carbocycles. The highest BCUT2D eigenvalue weighted by Gasteiger charge is 2.49. The van der Waals surface area contributed by atoms with Crippen LogP contribution in [0.25, 0.3) is 0 Å². The van der Waals surface area contributed by atoms with Crippen molar-refractivity contribution in [3.8, 4) is 0 Å². The molecule has 5 heteroatoms. The maximum Gasteiger partial charge on any atom is 0.336 e. The zero-order chi connectivity index (χ0) is 10.1. The molecule has 0 aromatic heterocycles. The Kier molecular flexibility index (Phi) is 2.56. The van der Waals surface area contributed by atoms with Crippen molar-refractivity contribution < 1.29 is 24.9 Å². The fourth-order valence-electron chi connectivity index (χ4n) is 1.74. The van der Waals surface area contributed by atoms with Crippen LogP contribution in [0.1, 0.15) is 25.7 Å². The number of carboxylic acids is 2. The first-order valence-corrected chi connectivity index (χ1v) is 4.17. The molecule has 2 atom stereocenters. The molecule has 74 valence electrons. The lowest BCUT2D eigenvalue weighted by atomic mass is 9.75. The van der Waals surface area contributed by atoms with Gasteiger partial charge in [-0.25, -0.2) is 4.79 Å². The van der Waals surface area contributed by atoms with E-state index in [0.29, 0.717) is 12.8 Å². The van der Waals surface area contributed by atoms with E-state index < -0.39 is 23.5 Å². The van der Waals surface area contributed by atoms with Gasteiger partial charge in [-0.15, -0.1) is 0 Å². The molecule has 3 N–H and O–H groups in total. The monoisotopic (exact) mass is 188 g/mol. The van der Waals surface area contributed by atoms with Gasteiger partial charge >= 0.3 is 11.9 Å². The summed E-state index contributed by atoms with van der Waals surface area (Å²) in [6, 6.07) is 0. The second-order valence-electron chi connectivity index (χ2n) is 3.37. The lowest BCUT2D eigenvalue weighted by Crippen LogP contribution is -2.51. The maximum absolute atomic E-state index is 10.7. The van der Waals surface area contributed by atoms with Gasteiger partial charge in [0.1, 0.15) is 0 Å². The Morgan fingerprint density at radius 2 is 1.85 bits per heavy atom. The number of carboxylic acid groups (broad SMARTS) is 2. The number of carbonyl (C=O) groups is 2. The molecule has 0 bridgehead atoms. The molecule has 13 heavy (non-hydrogen) atoms. The van der Waals surface area contributed by atoms with E-state index in [9.17, 15) is 14.7 Å². The van der Waals surface area contributed by atoms with E-state index in [2.05, 4.69) is 0 Å². The van der Waals surface area contributed by atoms with Crippen LogP contribution in [0.5, 0.6) is 0 Å². The molecule has 1 aliphatic carbocycles. The van der Waals surface area contributed by atoms with Crippen LogP contribution in [0.15, 0.2) is 0 Å². The van der Waals surface area contributed by atoms with Crippen LogP contribution in [-0.2, 0) is 9.59 Å². The Morgan fingerprint density at radius 1 is 1.23 bits per heavy atom. The number of aliphatic hydroxyl groups is 1. The Labute approximate surface area is 75.0 Å². The molecule has 1 aliphatic rings. The average molecular weight is 188 g/mol. The SMILES string of the molecule is O=C(O)[C@@H]1CCCC[C@@]1(O)C(=O)O. The van der Waals surface area contributed by atoms with Crippen molar-refractivity contribution in [1.29, 1.82) is 0 Å². The minimum Gasteiger partial charge on any atom is -0.481 e. The summed E-state index contributed by atoms with van der Waals surface area (Å²) in [5.74, 6) is -3.83. The molecule has 0 heterocycles. The van der Waals surface area contributed by atoms with Crippen molar-refractivity contribution in [1.82, 2.24) is 0 Å². The molecule has 0 saturated heterocycles. The predicted molar refractivity (Wildman–Crippen MR) is 42.2 cm³/mol. The summed E-state index contributed by atoms with van der Waals surface area (Å²) >= 11 is 0. The third-order valence-corrected chi connectivity index (χ3v) is 2.55. The molecule has 0 radical (unpaired) electrons. The van der Waals surface area contributed by atoms with Gasteiger partial charge in [0.25, 0.3) is 0 Å². The Hall–Kier alpha value is -1.10. The van der Waals surface area contributed by atoms with E-state index >= 15 is 0 Å². The van der Waals surface area contributed by atoms with Gasteiger partial charge in [-0.3, -0.25) is 4.79 Å². The van der Waals surface area contributed by atoms with Gasteiger partial charge in [-0.2, -0.15) is 0 Å². The van der Waals surface area contributed by atoms with Gasteiger partial charge in [0.05, 0.1) is 5.92 Å². The zero-order valence-electron chi connectivity index (χ0n) is 7.06. The largest absolute Gasteiger partial charge is 0.481 e. The first-order chi connectivity index (χ1) is 5.98. The van der Waals surface area contributed by atoms with E-state index in [0.717, 1.165) is 0 Å². The van der Waals surface area contributed by atoms with Crippen LogP contribution in [-0.4, -0.2) is 32.9 Å². The minimum absolute atomic E-state index is 0.0271. The van der Waals surface area contributed by atoms with E-state index in [4.69, 9.17) is 10.2 Å². The molecule has 1 rings (SSSR count). The first kappa shape index (κ1) is 9.98. The van der Waals surface area contributed by atoms with Crippen molar-refractivity contribution in [3.05, 3.63) is 0 Å². The molecular formula is C8H12O5. The smallest absolute Gasteiger partial charge is 0.336 e. The van der Waals surface area contributed by atoms with Crippen LogP contribution in [0.3, 0.4) is 0 Å². The fourth-order valence-corrected chi connectivity index (χ4v) is 1.74. The normalized spacial score (nSPS) is 34.1. The first-order valence-electron chi connectivity index (χ1n) is 4.17. The van der Waals surface area contributed by atoms with Crippen LogP contribution in [0, 0.1) is 5.92 Å². The summed E-state index contributed by atoms with van der Waals surface area (Å²) in [5.41, 5.74) is -2.07. The van der Waals surface area contributed by atoms with E-state index in [1.807, 2.05) is 0 Å². The molecule has 0 aromatic rings. The van der Waals surface area contributed by atoms with Gasteiger partial charge in [-0.05, 0) is 19.3 Å². The summed E-state index contributed by atoms with van der Waals surface area (Å²) in [7, 11) is 0. The Morgan fingerprint density at radius 3 is 2.23 bits per heavy atom. The Bertz CT molecular complexity index is 237. The molecule has 0 aromatic carbocycles. The van der Waals surface area contributed by atoms with Crippen molar-refractivity contribution >= 4 is 11.9 Å². The average Bonchev–Trinajstić information content (AvgIpc) is 2.04. The molecule has 0 aliphatic heterocycles. The second-order valence-corrected chi connectivity index (χ2v) is 3.37. The third-order valence-electron chi connectivity index (χ3n) is 2.55. The summed E-state index contributed by atoms with van der Waals surface area (Å²) in [6.07, 6.45) is 1.48. The molecule has 1 fully saturated rings. The highest BCUT2D eigenvalue weighted by Crippen LogP contribution is 2.34. The zero-order valence-corrected chi connectivity index (χ0v) is 7.06.